The highest BCUT2D eigenvalue weighted by atomic mass is 35.5. The topological polar surface area (TPSA) is 81.8 Å². The number of aromatic nitrogens is 2. The minimum absolute atomic E-state index is 0. The van der Waals surface area contributed by atoms with Gasteiger partial charge in [0, 0.05) is 19.5 Å². The molecule has 28 heavy (non-hydrogen) atoms. The van der Waals surface area contributed by atoms with Crippen LogP contribution in [0.1, 0.15) is 31.5 Å². The molecule has 2 aliphatic rings. The quantitative estimate of drug-likeness (QED) is 0.547. The van der Waals surface area contributed by atoms with Crippen LogP contribution < -0.4 is 16.0 Å². The van der Waals surface area contributed by atoms with Crippen LogP contribution in [0.15, 0.2) is 18.2 Å². The second kappa shape index (κ2) is 9.87. The van der Waals surface area contributed by atoms with Gasteiger partial charge in [0.25, 0.3) is 0 Å². The lowest BCUT2D eigenvalue weighted by Crippen LogP contribution is -2.40. The monoisotopic (exact) mass is 431 g/mol. The highest BCUT2D eigenvalue weighted by Crippen LogP contribution is 2.37. The highest BCUT2D eigenvalue weighted by molar-refractivity contribution is 5.85. The average molecular weight is 432 g/mol. The smallest absolute Gasteiger partial charge is 0.237 e. The van der Waals surface area contributed by atoms with E-state index in [-0.39, 0.29) is 42.6 Å². The van der Waals surface area contributed by atoms with E-state index in [2.05, 4.69) is 25.9 Å². The Morgan fingerprint density at radius 1 is 1.29 bits per heavy atom. The molecular weight excluding hydrogens is 404 g/mol. The zero-order valence-electron chi connectivity index (χ0n) is 15.7. The van der Waals surface area contributed by atoms with Gasteiger partial charge in [-0.1, -0.05) is 0 Å². The first-order chi connectivity index (χ1) is 12.6. The zero-order valence-corrected chi connectivity index (χ0v) is 17.4. The number of piperidine rings is 1. The summed E-state index contributed by atoms with van der Waals surface area (Å²) < 4.78 is 13.2. The number of carbonyl (C=O) groups is 1. The zero-order chi connectivity index (χ0) is 18.0. The molecule has 2 saturated heterocycles. The maximum absolute atomic E-state index is 13.2. The second-order valence-corrected chi connectivity index (χ2v) is 7.63. The van der Waals surface area contributed by atoms with Crippen LogP contribution in [-0.2, 0) is 11.2 Å². The molecule has 6 nitrogen and oxygen atoms in total. The summed E-state index contributed by atoms with van der Waals surface area (Å²) in [6.45, 7) is 3.67. The van der Waals surface area contributed by atoms with E-state index in [4.69, 9.17) is 0 Å². The number of rotatable bonds is 5. The van der Waals surface area contributed by atoms with Crippen molar-refractivity contribution < 1.29 is 9.18 Å². The Hall–Kier alpha value is -1.41. The summed E-state index contributed by atoms with van der Waals surface area (Å²) in [7, 11) is 0. The Bertz CT molecular complexity index is 794. The number of H-pyrrole nitrogens is 1. The van der Waals surface area contributed by atoms with E-state index < -0.39 is 0 Å². The van der Waals surface area contributed by atoms with Gasteiger partial charge < -0.3 is 20.9 Å². The van der Waals surface area contributed by atoms with E-state index in [1.165, 1.54) is 12.1 Å². The molecule has 1 atom stereocenters. The molecule has 2 fully saturated rings. The first-order valence-electron chi connectivity index (χ1n) is 9.50. The van der Waals surface area contributed by atoms with Crippen LogP contribution in [0.25, 0.3) is 11.0 Å². The molecule has 1 unspecified atom stereocenters. The van der Waals surface area contributed by atoms with Crippen LogP contribution in [-0.4, -0.2) is 48.1 Å². The van der Waals surface area contributed by atoms with Crippen LogP contribution in [0.2, 0.25) is 0 Å². The SMILES string of the molecule is Cl.Cl.O=C(NCCCc1nc2ccc(F)cc2[nH]1)C1CC2(CCNCC2)CN1. The number of nitrogens with one attached hydrogen (secondary N) is 4. The molecule has 1 amide bonds. The van der Waals surface area contributed by atoms with Gasteiger partial charge in [-0.3, -0.25) is 4.79 Å². The first-order valence-corrected chi connectivity index (χ1v) is 9.50. The number of amides is 1. The molecule has 0 saturated carbocycles. The average Bonchev–Trinajstić information content (AvgIpc) is 3.23. The normalized spacial score (nSPS) is 20.5. The van der Waals surface area contributed by atoms with Crippen LogP contribution >= 0.6 is 24.8 Å². The third-order valence-corrected chi connectivity index (χ3v) is 5.72. The number of benzene rings is 1. The minimum atomic E-state index is -0.268. The van der Waals surface area contributed by atoms with Gasteiger partial charge in [0.1, 0.15) is 11.6 Å². The molecule has 2 aromatic rings. The lowest BCUT2D eigenvalue weighted by Gasteiger charge is -2.33. The molecule has 1 aromatic carbocycles. The fourth-order valence-corrected chi connectivity index (χ4v) is 4.18. The van der Waals surface area contributed by atoms with Gasteiger partial charge in [-0.25, -0.2) is 9.37 Å². The number of fused-ring (bicyclic) bond motifs is 1. The van der Waals surface area contributed by atoms with Gasteiger partial charge in [-0.05, 0) is 62.4 Å². The summed E-state index contributed by atoms with van der Waals surface area (Å²) in [6, 6.07) is 4.48. The molecular formula is C19H28Cl2FN5O. The molecule has 0 bridgehead atoms. The van der Waals surface area contributed by atoms with Gasteiger partial charge in [-0.15, -0.1) is 24.8 Å². The highest BCUT2D eigenvalue weighted by Gasteiger charge is 2.41. The third-order valence-electron chi connectivity index (χ3n) is 5.72. The predicted octanol–water partition coefficient (Wildman–Crippen LogP) is 2.33. The van der Waals surface area contributed by atoms with E-state index in [0.717, 1.165) is 63.1 Å². The number of hydrogen-bond donors (Lipinski definition) is 4. The fourth-order valence-electron chi connectivity index (χ4n) is 4.18. The Morgan fingerprint density at radius 3 is 2.86 bits per heavy atom. The number of nitrogens with zero attached hydrogens (tertiary/aromatic N) is 1. The van der Waals surface area contributed by atoms with Crippen molar-refractivity contribution in [1.82, 2.24) is 25.9 Å². The lowest BCUT2D eigenvalue weighted by molar-refractivity contribution is -0.123. The predicted molar refractivity (Wildman–Crippen MR) is 113 cm³/mol. The largest absolute Gasteiger partial charge is 0.355 e. The first kappa shape index (κ1) is 22.9. The molecule has 156 valence electrons. The molecule has 9 heteroatoms. The van der Waals surface area contributed by atoms with Crippen LogP contribution in [0.3, 0.4) is 0 Å². The number of halogens is 3. The Morgan fingerprint density at radius 2 is 2.07 bits per heavy atom. The maximum Gasteiger partial charge on any atom is 0.237 e. The lowest BCUT2D eigenvalue weighted by atomic mass is 9.77. The van der Waals surface area contributed by atoms with Gasteiger partial charge in [-0.2, -0.15) is 0 Å². The Kier molecular flexibility index (Phi) is 8.07. The molecule has 2 aliphatic heterocycles. The van der Waals surface area contributed by atoms with Crippen molar-refractivity contribution in [3.05, 3.63) is 29.8 Å². The fraction of sp³-hybridized carbons (Fsp3) is 0.579. The van der Waals surface area contributed by atoms with Crippen molar-refractivity contribution in [3.8, 4) is 0 Å². The van der Waals surface area contributed by atoms with Gasteiger partial charge in [0.15, 0.2) is 0 Å². The maximum atomic E-state index is 13.2. The van der Waals surface area contributed by atoms with Crippen molar-refractivity contribution in [2.45, 2.75) is 38.1 Å². The van der Waals surface area contributed by atoms with E-state index >= 15 is 0 Å². The Balaban J connectivity index is 0.00000140. The van der Waals surface area contributed by atoms with Gasteiger partial charge in [0.2, 0.25) is 5.91 Å². The molecule has 1 spiro atoms. The Labute approximate surface area is 176 Å². The van der Waals surface area contributed by atoms with E-state index in [9.17, 15) is 9.18 Å². The second-order valence-electron chi connectivity index (χ2n) is 7.63. The number of carbonyl (C=O) groups excluding carboxylic acids is 1. The number of hydrogen-bond acceptors (Lipinski definition) is 4. The summed E-state index contributed by atoms with van der Waals surface area (Å²) in [5, 5.41) is 9.84. The number of aromatic amines is 1. The summed E-state index contributed by atoms with van der Waals surface area (Å²) in [6.07, 6.45) is 4.77. The summed E-state index contributed by atoms with van der Waals surface area (Å²) in [5.41, 5.74) is 1.79. The number of imidazole rings is 1. The molecule has 4 rings (SSSR count). The molecule has 3 heterocycles. The van der Waals surface area contributed by atoms with Gasteiger partial charge >= 0.3 is 0 Å². The third kappa shape index (κ3) is 5.14. The summed E-state index contributed by atoms with van der Waals surface area (Å²) in [5.74, 6) is 0.662. The van der Waals surface area contributed by atoms with Gasteiger partial charge in [0.05, 0.1) is 17.1 Å². The van der Waals surface area contributed by atoms with Crippen molar-refractivity contribution in [3.63, 3.8) is 0 Å². The summed E-state index contributed by atoms with van der Waals surface area (Å²) in [4.78, 5) is 20.0. The van der Waals surface area contributed by atoms with Crippen molar-refractivity contribution in [1.29, 1.82) is 0 Å². The van der Waals surface area contributed by atoms with E-state index in [0.29, 0.717) is 17.5 Å². The van der Waals surface area contributed by atoms with Crippen molar-refractivity contribution >= 4 is 41.8 Å². The minimum Gasteiger partial charge on any atom is -0.355 e. The van der Waals surface area contributed by atoms with Crippen LogP contribution in [0.5, 0.6) is 0 Å². The molecule has 4 N–H and O–H groups in total. The summed E-state index contributed by atoms with van der Waals surface area (Å²) >= 11 is 0. The number of aryl methyl sites for hydroxylation is 1. The van der Waals surface area contributed by atoms with E-state index in [1.54, 1.807) is 6.07 Å². The molecule has 0 aliphatic carbocycles. The molecule has 1 aromatic heterocycles. The van der Waals surface area contributed by atoms with Crippen molar-refractivity contribution in [2.24, 2.45) is 5.41 Å². The van der Waals surface area contributed by atoms with Crippen LogP contribution in [0, 0.1) is 11.2 Å². The van der Waals surface area contributed by atoms with Crippen molar-refractivity contribution in [2.75, 3.05) is 26.2 Å². The van der Waals surface area contributed by atoms with Crippen LogP contribution in [0.4, 0.5) is 4.39 Å². The molecule has 0 radical (unpaired) electrons. The van der Waals surface area contributed by atoms with E-state index in [1.807, 2.05) is 0 Å². The standard InChI is InChI=1S/C19H26FN5O.2ClH/c20-13-3-4-14-15(10-13)25-17(24-14)2-1-7-22-18(26)16-11-19(12-23-16)5-8-21-9-6-19;;/h3-4,10,16,21,23H,1-2,5-9,11-12H2,(H,22,26)(H,24,25);2*1H.